The van der Waals surface area contributed by atoms with Gasteiger partial charge in [0, 0.05) is 25.5 Å². The minimum absolute atomic E-state index is 0.153. The number of aliphatic hydroxyl groups is 1. The first-order chi connectivity index (χ1) is 7.98. The summed E-state index contributed by atoms with van der Waals surface area (Å²) in [5.41, 5.74) is 0. The Morgan fingerprint density at radius 3 is 2.88 bits per heavy atom. The summed E-state index contributed by atoms with van der Waals surface area (Å²) in [4.78, 5) is 3.98. The molecule has 0 radical (unpaired) electrons. The lowest BCUT2D eigenvalue weighted by atomic mass is 10.2. The Kier molecular flexibility index (Phi) is 3.50. The first kappa shape index (κ1) is 12.5. The molecule has 1 aromatic heterocycles. The van der Waals surface area contributed by atoms with E-state index in [1.165, 1.54) is 0 Å². The van der Waals surface area contributed by atoms with Gasteiger partial charge in [0.2, 0.25) is 10.0 Å². The van der Waals surface area contributed by atoms with Crippen molar-refractivity contribution < 1.29 is 13.5 Å². The van der Waals surface area contributed by atoms with Gasteiger partial charge in [-0.25, -0.2) is 18.1 Å². The largest absolute Gasteiger partial charge is 0.391 e. The molecule has 1 fully saturated rings. The van der Waals surface area contributed by atoms with E-state index in [9.17, 15) is 13.5 Å². The van der Waals surface area contributed by atoms with Crippen LogP contribution in [0.3, 0.4) is 0 Å². The van der Waals surface area contributed by atoms with Crippen molar-refractivity contribution >= 4 is 10.0 Å². The fourth-order valence-electron chi connectivity index (χ4n) is 2.06. The van der Waals surface area contributed by atoms with Crippen LogP contribution in [0.1, 0.15) is 25.1 Å². The van der Waals surface area contributed by atoms with Crippen LogP contribution in [0.2, 0.25) is 0 Å². The van der Waals surface area contributed by atoms with Gasteiger partial charge in [0.05, 0.1) is 6.10 Å². The summed E-state index contributed by atoms with van der Waals surface area (Å²) in [5.74, 6) is 0.338. The van der Waals surface area contributed by atoms with Crippen molar-refractivity contribution in [3.8, 4) is 0 Å². The summed E-state index contributed by atoms with van der Waals surface area (Å²) in [6.07, 6.45) is 4.92. The summed E-state index contributed by atoms with van der Waals surface area (Å²) in [5, 5.41) is 9.59. The molecule has 0 amide bonds. The van der Waals surface area contributed by atoms with Gasteiger partial charge in [-0.1, -0.05) is 0 Å². The molecule has 2 atom stereocenters. The van der Waals surface area contributed by atoms with E-state index < -0.39 is 16.1 Å². The Balaban J connectivity index is 2.02. The van der Waals surface area contributed by atoms with E-state index in [-0.39, 0.29) is 11.8 Å². The van der Waals surface area contributed by atoms with E-state index in [2.05, 4.69) is 9.71 Å². The fourth-order valence-corrected chi connectivity index (χ4v) is 3.49. The number of imidazole rings is 1. The molecule has 0 aromatic carbocycles. The van der Waals surface area contributed by atoms with Crippen LogP contribution in [-0.4, -0.2) is 35.2 Å². The zero-order valence-electron chi connectivity index (χ0n) is 9.70. The molecular formula is C10H17N3O3S. The van der Waals surface area contributed by atoms with Gasteiger partial charge in [-0.15, -0.1) is 0 Å². The second-order valence-corrected chi connectivity index (χ2v) is 6.19. The average Bonchev–Trinajstić information content (AvgIpc) is 2.78. The number of nitrogens with one attached hydrogen (secondary N) is 1. The molecule has 2 rings (SSSR count). The maximum atomic E-state index is 11.9. The summed E-state index contributed by atoms with van der Waals surface area (Å²) < 4.78 is 28.0. The molecule has 0 aliphatic heterocycles. The van der Waals surface area contributed by atoms with Crippen LogP contribution in [0.15, 0.2) is 12.4 Å². The lowest BCUT2D eigenvalue weighted by molar-refractivity contribution is 0.159. The second-order valence-electron chi connectivity index (χ2n) is 4.44. The predicted molar refractivity (Wildman–Crippen MR) is 62.6 cm³/mol. The van der Waals surface area contributed by atoms with Crippen molar-refractivity contribution in [1.29, 1.82) is 0 Å². The van der Waals surface area contributed by atoms with Crippen molar-refractivity contribution in [2.45, 2.75) is 37.2 Å². The quantitative estimate of drug-likeness (QED) is 0.781. The summed E-state index contributed by atoms with van der Waals surface area (Å²) in [6.45, 7) is 0. The van der Waals surface area contributed by atoms with E-state index in [0.717, 1.165) is 6.42 Å². The molecule has 0 bridgehead atoms. The SMILES string of the molecule is Cn1ccnc1CS(=O)(=O)NC1CCCC1O. The third kappa shape index (κ3) is 3.05. The number of sulfonamides is 1. The molecule has 1 aliphatic carbocycles. The highest BCUT2D eigenvalue weighted by Gasteiger charge is 2.29. The van der Waals surface area contributed by atoms with Crippen LogP contribution in [0, 0.1) is 0 Å². The Bertz CT molecular complexity index is 483. The Hall–Kier alpha value is -0.920. The third-order valence-electron chi connectivity index (χ3n) is 3.05. The summed E-state index contributed by atoms with van der Waals surface area (Å²) >= 11 is 0. The fraction of sp³-hybridized carbons (Fsp3) is 0.700. The highest BCUT2D eigenvalue weighted by atomic mass is 32.2. The van der Waals surface area contributed by atoms with E-state index in [1.807, 2.05) is 0 Å². The molecule has 96 valence electrons. The lowest BCUT2D eigenvalue weighted by Gasteiger charge is -2.16. The standard InChI is InChI=1S/C10H17N3O3S/c1-13-6-5-11-10(13)7-17(15,16)12-8-3-2-4-9(8)14/h5-6,8-9,12,14H,2-4,7H2,1H3. The molecule has 1 aromatic rings. The van der Waals surface area contributed by atoms with Crippen molar-refractivity contribution in [2.75, 3.05) is 0 Å². The number of hydrogen-bond acceptors (Lipinski definition) is 4. The maximum Gasteiger partial charge on any atom is 0.219 e. The number of rotatable bonds is 4. The molecule has 1 heterocycles. The molecule has 2 N–H and O–H groups in total. The number of nitrogens with zero attached hydrogens (tertiary/aromatic N) is 2. The molecule has 0 saturated heterocycles. The zero-order valence-corrected chi connectivity index (χ0v) is 10.5. The average molecular weight is 259 g/mol. The minimum atomic E-state index is -3.44. The van der Waals surface area contributed by atoms with E-state index in [4.69, 9.17) is 0 Å². The minimum Gasteiger partial charge on any atom is -0.391 e. The molecule has 1 aliphatic rings. The van der Waals surface area contributed by atoms with E-state index >= 15 is 0 Å². The second kappa shape index (κ2) is 4.75. The topological polar surface area (TPSA) is 84.2 Å². The highest BCUT2D eigenvalue weighted by Crippen LogP contribution is 2.19. The monoisotopic (exact) mass is 259 g/mol. The number of hydrogen-bond donors (Lipinski definition) is 2. The number of aromatic nitrogens is 2. The van der Waals surface area contributed by atoms with Gasteiger partial charge in [0.25, 0.3) is 0 Å². The molecule has 2 unspecified atom stereocenters. The van der Waals surface area contributed by atoms with Crippen LogP contribution in [0.5, 0.6) is 0 Å². The van der Waals surface area contributed by atoms with Gasteiger partial charge in [-0.05, 0) is 19.3 Å². The molecular weight excluding hydrogens is 242 g/mol. The summed E-state index contributed by atoms with van der Waals surface area (Å²) in [7, 11) is -1.68. The van der Waals surface area contributed by atoms with Crippen LogP contribution >= 0.6 is 0 Å². The molecule has 0 spiro atoms. The Morgan fingerprint density at radius 1 is 1.59 bits per heavy atom. The lowest BCUT2D eigenvalue weighted by Crippen LogP contribution is -2.40. The number of aryl methyl sites for hydroxylation is 1. The van der Waals surface area contributed by atoms with Gasteiger partial charge in [-0.3, -0.25) is 0 Å². The van der Waals surface area contributed by atoms with Gasteiger partial charge in [0.1, 0.15) is 11.6 Å². The first-order valence-corrected chi connectivity index (χ1v) is 7.27. The normalized spacial score (nSPS) is 25.3. The van der Waals surface area contributed by atoms with Crippen LogP contribution in [0.4, 0.5) is 0 Å². The van der Waals surface area contributed by atoms with Crippen LogP contribution in [0.25, 0.3) is 0 Å². The predicted octanol–water partition coefficient (Wildman–Crippen LogP) is -0.247. The van der Waals surface area contributed by atoms with Crippen LogP contribution < -0.4 is 4.72 Å². The summed E-state index contributed by atoms with van der Waals surface area (Å²) in [6, 6.07) is -0.347. The highest BCUT2D eigenvalue weighted by molar-refractivity contribution is 7.88. The molecule has 7 heteroatoms. The van der Waals surface area contributed by atoms with Crippen LogP contribution in [-0.2, 0) is 22.8 Å². The first-order valence-electron chi connectivity index (χ1n) is 5.62. The van der Waals surface area contributed by atoms with Gasteiger partial charge < -0.3 is 9.67 Å². The van der Waals surface area contributed by atoms with Crippen molar-refractivity contribution in [1.82, 2.24) is 14.3 Å². The molecule has 6 nitrogen and oxygen atoms in total. The van der Waals surface area contributed by atoms with Crippen molar-refractivity contribution in [3.05, 3.63) is 18.2 Å². The smallest absolute Gasteiger partial charge is 0.219 e. The van der Waals surface area contributed by atoms with Gasteiger partial charge in [-0.2, -0.15) is 0 Å². The van der Waals surface area contributed by atoms with Crippen molar-refractivity contribution in [3.63, 3.8) is 0 Å². The van der Waals surface area contributed by atoms with E-state index in [0.29, 0.717) is 18.7 Å². The zero-order chi connectivity index (χ0) is 12.5. The van der Waals surface area contributed by atoms with E-state index in [1.54, 1.807) is 24.0 Å². The van der Waals surface area contributed by atoms with Crippen molar-refractivity contribution in [2.24, 2.45) is 7.05 Å². The molecule has 1 saturated carbocycles. The Morgan fingerprint density at radius 2 is 2.35 bits per heavy atom. The maximum absolute atomic E-state index is 11.9. The third-order valence-corrected chi connectivity index (χ3v) is 4.35. The molecule has 17 heavy (non-hydrogen) atoms. The Labute approximate surface area is 101 Å². The van der Waals surface area contributed by atoms with Gasteiger partial charge >= 0.3 is 0 Å². The number of aliphatic hydroxyl groups excluding tert-OH is 1. The van der Waals surface area contributed by atoms with Gasteiger partial charge in [0.15, 0.2) is 0 Å².